The van der Waals surface area contributed by atoms with Crippen LogP contribution in [0.5, 0.6) is 0 Å². The average molecular weight is 311 g/mol. The summed E-state index contributed by atoms with van der Waals surface area (Å²) in [7, 11) is 0. The SMILES string of the molecule is C[C@H](N[C@H](C)C(=O)Nc1ccc(C(N)=O)cc1)c1ccccc1. The Balaban J connectivity index is 1.93. The summed E-state index contributed by atoms with van der Waals surface area (Å²) in [6.07, 6.45) is 0. The van der Waals surface area contributed by atoms with E-state index in [1.165, 1.54) is 0 Å². The third-order valence-corrected chi connectivity index (χ3v) is 3.63. The molecule has 23 heavy (non-hydrogen) atoms. The Bertz CT molecular complexity index is 668. The van der Waals surface area contributed by atoms with Crippen LogP contribution in [-0.4, -0.2) is 17.9 Å². The highest BCUT2D eigenvalue weighted by Gasteiger charge is 2.16. The van der Waals surface area contributed by atoms with Gasteiger partial charge in [0.25, 0.3) is 0 Å². The number of nitrogens with one attached hydrogen (secondary N) is 2. The van der Waals surface area contributed by atoms with Gasteiger partial charge in [0, 0.05) is 17.3 Å². The lowest BCUT2D eigenvalue weighted by atomic mass is 10.1. The first-order valence-electron chi connectivity index (χ1n) is 7.49. The van der Waals surface area contributed by atoms with E-state index in [0.717, 1.165) is 5.56 Å². The summed E-state index contributed by atoms with van der Waals surface area (Å²) >= 11 is 0. The van der Waals surface area contributed by atoms with Crippen LogP contribution < -0.4 is 16.4 Å². The van der Waals surface area contributed by atoms with Crippen molar-refractivity contribution in [3.8, 4) is 0 Å². The van der Waals surface area contributed by atoms with Gasteiger partial charge in [-0.2, -0.15) is 0 Å². The predicted octanol–water partition coefficient (Wildman–Crippen LogP) is 2.46. The molecule has 0 aliphatic rings. The van der Waals surface area contributed by atoms with Gasteiger partial charge >= 0.3 is 0 Å². The van der Waals surface area contributed by atoms with Gasteiger partial charge in [-0.15, -0.1) is 0 Å². The minimum Gasteiger partial charge on any atom is -0.366 e. The molecule has 2 aromatic rings. The van der Waals surface area contributed by atoms with Crippen LogP contribution >= 0.6 is 0 Å². The van der Waals surface area contributed by atoms with Crippen LogP contribution in [0.3, 0.4) is 0 Å². The van der Waals surface area contributed by atoms with Gasteiger partial charge < -0.3 is 11.1 Å². The first kappa shape index (κ1) is 16.7. The van der Waals surface area contributed by atoms with Crippen LogP contribution in [0.1, 0.15) is 35.8 Å². The monoisotopic (exact) mass is 311 g/mol. The highest BCUT2D eigenvalue weighted by Crippen LogP contribution is 2.13. The van der Waals surface area contributed by atoms with Crippen LogP contribution in [0.25, 0.3) is 0 Å². The number of carbonyl (C=O) groups excluding carboxylic acids is 2. The summed E-state index contributed by atoms with van der Waals surface area (Å²) in [5, 5.41) is 6.07. The van der Waals surface area contributed by atoms with E-state index >= 15 is 0 Å². The zero-order chi connectivity index (χ0) is 16.8. The van der Waals surface area contributed by atoms with Gasteiger partial charge in [-0.1, -0.05) is 30.3 Å². The molecule has 0 aliphatic carbocycles. The fraction of sp³-hybridized carbons (Fsp3) is 0.222. The van der Waals surface area contributed by atoms with Crippen molar-refractivity contribution in [1.29, 1.82) is 0 Å². The van der Waals surface area contributed by atoms with E-state index < -0.39 is 5.91 Å². The Hall–Kier alpha value is -2.66. The second-order valence-corrected chi connectivity index (χ2v) is 5.45. The number of hydrogen-bond acceptors (Lipinski definition) is 3. The molecule has 0 aromatic heterocycles. The molecule has 0 fully saturated rings. The van der Waals surface area contributed by atoms with E-state index in [2.05, 4.69) is 10.6 Å². The molecule has 0 saturated heterocycles. The van der Waals surface area contributed by atoms with Gasteiger partial charge in [-0.3, -0.25) is 14.9 Å². The van der Waals surface area contributed by atoms with Crippen molar-refractivity contribution in [2.45, 2.75) is 25.9 Å². The molecule has 4 N–H and O–H groups in total. The number of nitrogens with two attached hydrogens (primary N) is 1. The van der Waals surface area contributed by atoms with Gasteiger partial charge in [0.05, 0.1) is 6.04 Å². The minimum absolute atomic E-state index is 0.0641. The number of rotatable bonds is 6. The van der Waals surface area contributed by atoms with Gasteiger partial charge in [0.1, 0.15) is 0 Å². The van der Waals surface area contributed by atoms with Crippen LogP contribution in [0, 0.1) is 0 Å². The quantitative estimate of drug-likeness (QED) is 0.766. The summed E-state index contributed by atoms with van der Waals surface area (Å²) in [6, 6.07) is 16.1. The first-order valence-corrected chi connectivity index (χ1v) is 7.49. The maximum atomic E-state index is 12.2. The molecular weight excluding hydrogens is 290 g/mol. The number of carbonyl (C=O) groups is 2. The smallest absolute Gasteiger partial charge is 0.248 e. The van der Waals surface area contributed by atoms with Crippen LogP contribution in [0.2, 0.25) is 0 Å². The molecule has 120 valence electrons. The van der Waals surface area contributed by atoms with E-state index in [1.807, 2.05) is 44.2 Å². The molecule has 0 bridgehead atoms. The summed E-state index contributed by atoms with van der Waals surface area (Å²) in [5.41, 5.74) is 7.35. The van der Waals surface area contributed by atoms with Gasteiger partial charge in [0.15, 0.2) is 0 Å². The maximum Gasteiger partial charge on any atom is 0.248 e. The molecule has 2 rings (SSSR count). The normalized spacial score (nSPS) is 13.1. The van der Waals surface area contributed by atoms with E-state index in [9.17, 15) is 9.59 Å². The topological polar surface area (TPSA) is 84.2 Å². The highest BCUT2D eigenvalue weighted by atomic mass is 16.2. The van der Waals surface area contributed by atoms with E-state index in [4.69, 9.17) is 5.73 Å². The second-order valence-electron chi connectivity index (χ2n) is 5.45. The third kappa shape index (κ3) is 4.66. The lowest BCUT2D eigenvalue weighted by molar-refractivity contribution is -0.117. The largest absolute Gasteiger partial charge is 0.366 e. The molecule has 0 saturated carbocycles. The molecule has 2 amide bonds. The molecular formula is C18H21N3O2. The van der Waals surface area contributed by atoms with Gasteiger partial charge in [-0.25, -0.2) is 0 Å². The molecule has 2 atom stereocenters. The Morgan fingerprint density at radius 3 is 2.13 bits per heavy atom. The van der Waals surface area contributed by atoms with E-state index in [1.54, 1.807) is 24.3 Å². The van der Waals surface area contributed by atoms with Crippen LogP contribution in [-0.2, 0) is 4.79 Å². The molecule has 0 spiro atoms. The Morgan fingerprint density at radius 2 is 1.57 bits per heavy atom. The fourth-order valence-corrected chi connectivity index (χ4v) is 2.26. The van der Waals surface area contributed by atoms with Crippen LogP contribution in [0.4, 0.5) is 5.69 Å². The fourth-order valence-electron chi connectivity index (χ4n) is 2.26. The Morgan fingerprint density at radius 1 is 0.957 bits per heavy atom. The average Bonchev–Trinajstić information content (AvgIpc) is 2.56. The van der Waals surface area contributed by atoms with Gasteiger partial charge in [0.2, 0.25) is 11.8 Å². The van der Waals surface area contributed by atoms with Crippen molar-refractivity contribution in [1.82, 2.24) is 5.32 Å². The van der Waals surface area contributed by atoms with Crippen molar-refractivity contribution >= 4 is 17.5 Å². The predicted molar refractivity (Wildman–Crippen MR) is 91.0 cm³/mol. The first-order chi connectivity index (χ1) is 11.0. The highest BCUT2D eigenvalue weighted by molar-refractivity contribution is 5.96. The number of primary amides is 1. The van der Waals surface area contributed by atoms with Crippen molar-refractivity contribution in [2.24, 2.45) is 5.73 Å². The summed E-state index contributed by atoms with van der Waals surface area (Å²) < 4.78 is 0. The summed E-state index contributed by atoms with van der Waals surface area (Å²) in [4.78, 5) is 23.3. The molecule has 2 aromatic carbocycles. The standard InChI is InChI=1S/C18H21N3O2/c1-12(14-6-4-3-5-7-14)20-13(2)18(23)21-16-10-8-15(9-11-16)17(19)22/h3-13,20H,1-2H3,(H2,19,22)(H,21,23)/t12-,13+/m0/s1. The van der Waals surface area contributed by atoms with Gasteiger partial charge in [-0.05, 0) is 43.7 Å². The number of anilines is 1. The van der Waals surface area contributed by atoms with Crippen molar-refractivity contribution < 1.29 is 9.59 Å². The zero-order valence-corrected chi connectivity index (χ0v) is 13.2. The molecule has 0 heterocycles. The molecule has 5 nitrogen and oxygen atoms in total. The van der Waals surface area contributed by atoms with Crippen molar-refractivity contribution in [3.05, 3.63) is 65.7 Å². The molecule has 0 unspecified atom stereocenters. The number of benzene rings is 2. The van der Waals surface area contributed by atoms with E-state index in [0.29, 0.717) is 11.3 Å². The lowest BCUT2D eigenvalue weighted by Crippen LogP contribution is -2.39. The Kier molecular flexibility index (Phi) is 5.49. The number of hydrogen-bond donors (Lipinski definition) is 3. The summed E-state index contributed by atoms with van der Waals surface area (Å²) in [6.45, 7) is 3.83. The second kappa shape index (κ2) is 7.56. The number of amides is 2. The molecule has 0 aliphatic heterocycles. The Labute approximate surface area is 135 Å². The minimum atomic E-state index is -0.491. The van der Waals surface area contributed by atoms with Crippen LogP contribution in [0.15, 0.2) is 54.6 Å². The van der Waals surface area contributed by atoms with E-state index in [-0.39, 0.29) is 18.0 Å². The molecule has 0 radical (unpaired) electrons. The third-order valence-electron chi connectivity index (χ3n) is 3.63. The van der Waals surface area contributed by atoms with Crippen molar-refractivity contribution in [2.75, 3.05) is 5.32 Å². The maximum absolute atomic E-state index is 12.2. The lowest BCUT2D eigenvalue weighted by Gasteiger charge is -2.20. The zero-order valence-electron chi connectivity index (χ0n) is 13.2. The molecule has 5 heteroatoms. The summed E-state index contributed by atoms with van der Waals surface area (Å²) in [5.74, 6) is -0.630. The van der Waals surface area contributed by atoms with Crippen molar-refractivity contribution in [3.63, 3.8) is 0 Å².